The standard InChI is InChI=1S/C16H22N6O2S/c1-4-21-13(9-19-16(17)18)20-14(10(2)3)15(21)25-12-7-5-6-11(8-12)22(23)24/h5-8,10H,4,9H2,1-3H3,(H4,17,18,19). The molecular formula is C16H22N6O2S. The molecule has 25 heavy (non-hydrogen) atoms. The van der Waals surface area contributed by atoms with Gasteiger partial charge in [-0.25, -0.2) is 9.98 Å². The van der Waals surface area contributed by atoms with Gasteiger partial charge in [-0.1, -0.05) is 31.7 Å². The molecule has 0 unspecified atom stereocenters. The van der Waals surface area contributed by atoms with Crippen LogP contribution in [-0.4, -0.2) is 20.4 Å². The molecule has 0 saturated heterocycles. The van der Waals surface area contributed by atoms with E-state index in [4.69, 9.17) is 16.5 Å². The van der Waals surface area contributed by atoms with Gasteiger partial charge in [0, 0.05) is 23.6 Å². The number of aliphatic imine (C=N–C) groups is 1. The molecule has 0 aliphatic carbocycles. The van der Waals surface area contributed by atoms with Gasteiger partial charge in [-0.05, 0) is 18.9 Å². The molecule has 0 saturated carbocycles. The average Bonchev–Trinajstić information content (AvgIpc) is 2.90. The number of nitrogens with two attached hydrogens (primary N) is 2. The van der Waals surface area contributed by atoms with Gasteiger partial charge >= 0.3 is 0 Å². The number of hydrogen-bond acceptors (Lipinski definition) is 5. The molecule has 1 heterocycles. The number of rotatable bonds is 7. The van der Waals surface area contributed by atoms with E-state index in [1.807, 2.05) is 17.6 Å². The van der Waals surface area contributed by atoms with Crippen molar-refractivity contribution in [2.45, 2.75) is 49.7 Å². The smallest absolute Gasteiger partial charge is 0.270 e. The normalized spacial score (nSPS) is 10.9. The molecule has 0 amide bonds. The molecule has 0 spiro atoms. The fraction of sp³-hybridized carbons (Fsp3) is 0.375. The first-order valence-electron chi connectivity index (χ1n) is 7.90. The summed E-state index contributed by atoms with van der Waals surface area (Å²) in [7, 11) is 0. The van der Waals surface area contributed by atoms with Gasteiger partial charge in [0.1, 0.15) is 17.4 Å². The summed E-state index contributed by atoms with van der Waals surface area (Å²) in [5, 5.41) is 12.0. The third-order valence-electron chi connectivity index (χ3n) is 3.53. The zero-order valence-corrected chi connectivity index (χ0v) is 15.3. The molecule has 4 N–H and O–H groups in total. The van der Waals surface area contributed by atoms with Crippen molar-refractivity contribution < 1.29 is 4.92 Å². The van der Waals surface area contributed by atoms with E-state index in [2.05, 4.69) is 18.8 Å². The van der Waals surface area contributed by atoms with Crippen LogP contribution in [0.2, 0.25) is 0 Å². The summed E-state index contributed by atoms with van der Waals surface area (Å²) in [6, 6.07) is 6.58. The Morgan fingerprint density at radius 3 is 2.72 bits per heavy atom. The third kappa shape index (κ3) is 4.50. The molecule has 2 rings (SSSR count). The van der Waals surface area contributed by atoms with E-state index < -0.39 is 4.92 Å². The van der Waals surface area contributed by atoms with Crippen molar-refractivity contribution in [3.8, 4) is 0 Å². The maximum Gasteiger partial charge on any atom is 0.270 e. The van der Waals surface area contributed by atoms with Crippen LogP contribution in [0.15, 0.2) is 39.2 Å². The SMILES string of the molecule is CCn1c(CN=C(N)N)nc(C(C)C)c1Sc1cccc([N+](=O)[O-])c1. The Morgan fingerprint density at radius 1 is 1.44 bits per heavy atom. The van der Waals surface area contributed by atoms with E-state index in [9.17, 15) is 10.1 Å². The molecule has 9 heteroatoms. The van der Waals surface area contributed by atoms with Gasteiger partial charge in [-0.3, -0.25) is 10.1 Å². The van der Waals surface area contributed by atoms with E-state index in [0.717, 1.165) is 21.4 Å². The van der Waals surface area contributed by atoms with Crippen LogP contribution >= 0.6 is 11.8 Å². The van der Waals surface area contributed by atoms with Gasteiger partial charge in [-0.15, -0.1) is 0 Å². The first kappa shape index (κ1) is 18.8. The van der Waals surface area contributed by atoms with Gasteiger partial charge in [0.15, 0.2) is 5.96 Å². The van der Waals surface area contributed by atoms with Crippen LogP contribution in [0.5, 0.6) is 0 Å². The molecule has 134 valence electrons. The largest absolute Gasteiger partial charge is 0.370 e. The Bertz CT molecular complexity index is 796. The quantitative estimate of drug-likeness (QED) is 0.337. The minimum atomic E-state index is -0.394. The molecule has 0 bridgehead atoms. The van der Waals surface area contributed by atoms with Gasteiger partial charge < -0.3 is 16.0 Å². The molecule has 0 fully saturated rings. The number of non-ortho nitro benzene ring substituents is 1. The lowest BCUT2D eigenvalue weighted by Crippen LogP contribution is -2.23. The Labute approximate surface area is 150 Å². The number of guanidine groups is 1. The maximum absolute atomic E-state index is 11.0. The number of nitro groups is 1. The van der Waals surface area contributed by atoms with E-state index in [1.54, 1.807) is 12.1 Å². The average molecular weight is 362 g/mol. The molecule has 0 radical (unpaired) electrons. The highest BCUT2D eigenvalue weighted by molar-refractivity contribution is 7.99. The van der Waals surface area contributed by atoms with Crippen molar-refractivity contribution in [3.05, 3.63) is 45.9 Å². The van der Waals surface area contributed by atoms with Crippen LogP contribution in [0, 0.1) is 10.1 Å². The van der Waals surface area contributed by atoms with Crippen molar-refractivity contribution in [2.75, 3.05) is 0 Å². The Kier molecular flexibility index (Phi) is 6.02. The second kappa shape index (κ2) is 8.02. The summed E-state index contributed by atoms with van der Waals surface area (Å²) in [5.41, 5.74) is 11.9. The van der Waals surface area contributed by atoms with Crippen LogP contribution in [0.1, 0.15) is 38.2 Å². The lowest BCUT2D eigenvalue weighted by Gasteiger charge is -2.10. The molecule has 0 aliphatic heterocycles. The van der Waals surface area contributed by atoms with Gasteiger partial charge in [0.25, 0.3) is 5.69 Å². The molecule has 2 aromatic rings. The zero-order valence-electron chi connectivity index (χ0n) is 14.5. The van der Waals surface area contributed by atoms with E-state index >= 15 is 0 Å². The van der Waals surface area contributed by atoms with Gasteiger partial charge in [0.2, 0.25) is 0 Å². The van der Waals surface area contributed by atoms with Crippen LogP contribution in [0.4, 0.5) is 5.69 Å². The number of nitro benzene ring substituents is 1. The lowest BCUT2D eigenvalue weighted by atomic mass is 10.1. The van der Waals surface area contributed by atoms with Crippen molar-refractivity contribution in [1.82, 2.24) is 9.55 Å². The van der Waals surface area contributed by atoms with Crippen molar-refractivity contribution in [3.63, 3.8) is 0 Å². The number of benzene rings is 1. The van der Waals surface area contributed by atoms with Crippen molar-refractivity contribution in [2.24, 2.45) is 16.5 Å². The Morgan fingerprint density at radius 2 is 2.16 bits per heavy atom. The monoisotopic (exact) mass is 362 g/mol. The van der Waals surface area contributed by atoms with E-state index in [-0.39, 0.29) is 17.6 Å². The van der Waals surface area contributed by atoms with E-state index in [1.165, 1.54) is 17.8 Å². The van der Waals surface area contributed by atoms with Crippen LogP contribution in [0.25, 0.3) is 0 Å². The molecular weight excluding hydrogens is 340 g/mol. The highest BCUT2D eigenvalue weighted by atomic mass is 32.2. The molecule has 1 aromatic heterocycles. The Balaban J connectivity index is 2.46. The number of aromatic nitrogens is 2. The molecule has 8 nitrogen and oxygen atoms in total. The number of imidazole rings is 1. The molecule has 0 atom stereocenters. The van der Waals surface area contributed by atoms with Crippen molar-refractivity contribution in [1.29, 1.82) is 0 Å². The Hall–Kier alpha value is -2.55. The first-order chi connectivity index (χ1) is 11.8. The summed E-state index contributed by atoms with van der Waals surface area (Å²) in [4.78, 5) is 20.1. The zero-order chi connectivity index (χ0) is 18.6. The maximum atomic E-state index is 11.0. The van der Waals surface area contributed by atoms with Gasteiger partial charge in [0.05, 0.1) is 10.6 Å². The topological polar surface area (TPSA) is 125 Å². The van der Waals surface area contributed by atoms with Crippen LogP contribution in [0.3, 0.4) is 0 Å². The summed E-state index contributed by atoms with van der Waals surface area (Å²) in [6.07, 6.45) is 0. The number of nitrogens with zero attached hydrogens (tertiary/aromatic N) is 4. The second-order valence-corrected chi connectivity index (χ2v) is 6.78. The predicted octanol–water partition coefficient (Wildman–Crippen LogP) is 2.86. The van der Waals surface area contributed by atoms with Crippen LogP contribution in [-0.2, 0) is 13.1 Å². The minimum Gasteiger partial charge on any atom is -0.370 e. The van der Waals surface area contributed by atoms with Crippen molar-refractivity contribution >= 4 is 23.4 Å². The summed E-state index contributed by atoms with van der Waals surface area (Å²) in [5.74, 6) is 0.990. The summed E-state index contributed by atoms with van der Waals surface area (Å²) in [6.45, 7) is 7.13. The first-order valence-corrected chi connectivity index (χ1v) is 8.72. The molecule has 0 aliphatic rings. The molecule has 1 aromatic carbocycles. The number of hydrogen-bond donors (Lipinski definition) is 2. The fourth-order valence-electron chi connectivity index (χ4n) is 2.37. The summed E-state index contributed by atoms with van der Waals surface area (Å²) < 4.78 is 2.05. The minimum absolute atomic E-state index is 0.0182. The second-order valence-electron chi connectivity index (χ2n) is 5.72. The van der Waals surface area contributed by atoms with Gasteiger partial charge in [-0.2, -0.15) is 0 Å². The predicted molar refractivity (Wildman–Crippen MR) is 98.7 cm³/mol. The summed E-state index contributed by atoms with van der Waals surface area (Å²) >= 11 is 1.47. The van der Waals surface area contributed by atoms with Crippen LogP contribution < -0.4 is 11.5 Å². The highest BCUT2D eigenvalue weighted by Crippen LogP contribution is 2.36. The van der Waals surface area contributed by atoms with E-state index in [0.29, 0.717) is 13.1 Å². The third-order valence-corrected chi connectivity index (χ3v) is 4.65. The lowest BCUT2D eigenvalue weighted by molar-refractivity contribution is -0.385. The fourth-order valence-corrected chi connectivity index (χ4v) is 3.65. The highest BCUT2D eigenvalue weighted by Gasteiger charge is 2.20.